The number of hydrogen-bond donors (Lipinski definition) is 1. The summed E-state index contributed by atoms with van der Waals surface area (Å²) in [6.07, 6.45) is 1.59. The van der Waals surface area contributed by atoms with Gasteiger partial charge in [0.05, 0.1) is 25.1 Å². The normalized spacial score (nSPS) is 10.8. The van der Waals surface area contributed by atoms with Gasteiger partial charge < -0.3 is 14.5 Å². The van der Waals surface area contributed by atoms with Gasteiger partial charge in [-0.1, -0.05) is 0 Å². The van der Waals surface area contributed by atoms with E-state index in [0.717, 1.165) is 10.9 Å². The Morgan fingerprint density at radius 3 is 2.58 bits per heavy atom. The minimum absolute atomic E-state index is 0.0575. The fourth-order valence-corrected chi connectivity index (χ4v) is 2.08. The molecule has 0 aliphatic heterocycles. The average molecular weight is 256 g/mol. The van der Waals surface area contributed by atoms with Crippen LogP contribution in [0.4, 0.5) is 0 Å². The van der Waals surface area contributed by atoms with Crippen LogP contribution in [0, 0.1) is 0 Å². The Hall–Kier alpha value is -2.56. The summed E-state index contributed by atoms with van der Waals surface area (Å²) in [6.45, 7) is 0. The van der Waals surface area contributed by atoms with Gasteiger partial charge >= 0.3 is 0 Å². The number of rotatable bonds is 2. The number of pyridine rings is 2. The second-order valence-electron chi connectivity index (χ2n) is 4.13. The third-order valence-corrected chi connectivity index (χ3v) is 3.04. The molecule has 0 radical (unpaired) electrons. The molecule has 0 spiro atoms. The van der Waals surface area contributed by atoms with Crippen molar-refractivity contribution in [3.63, 3.8) is 0 Å². The summed E-state index contributed by atoms with van der Waals surface area (Å²) in [5.74, 6) is 1.23. The molecule has 0 saturated carbocycles. The largest absolute Gasteiger partial charge is 0.493 e. The average Bonchev–Trinajstić information content (AvgIpc) is 2.44. The fraction of sp³-hybridized carbons (Fsp3) is 0.143. The van der Waals surface area contributed by atoms with Crippen molar-refractivity contribution in [2.24, 2.45) is 0 Å². The van der Waals surface area contributed by atoms with Crippen LogP contribution in [0.3, 0.4) is 0 Å². The second kappa shape index (κ2) is 4.28. The fourth-order valence-electron chi connectivity index (χ4n) is 2.08. The Kier molecular flexibility index (Phi) is 2.59. The highest BCUT2D eigenvalue weighted by Gasteiger charge is 2.09. The summed E-state index contributed by atoms with van der Waals surface area (Å²) >= 11 is 0. The molecule has 1 aromatic carbocycles. The summed E-state index contributed by atoms with van der Waals surface area (Å²) in [5, 5.41) is 1.39. The minimum Gasteiger partial charge on any atom is -0.493 e. The van der Waals surface area contributed by atoms with Crippen molar-refractivity contribution in [1.29, 1.82) is 0 Å². The van der Waals surface area contributed by atoms with Gasteiger partial charge in [0, 0.05) is 23.7 Å². The number of H-pyrrole nitrogens is 1. The molecule has 0 saturated heterocycles. The van der Waals surface area contributed by atoms with E-state index in [4.69, 9.17) is 9.47 Å². The molecule has 0 aliphatic rings. The van der Waals surface area contributed by atoms with E-state index in [1.807, 2.05) is 6.07 Å². The lowest BCUT2D eigenvalue weighted by molar-refractivity contribution is 0.356. The smallest absolute Gasteiger partial charge is 0.191 e. The van der Waals surface area contributed by atoms with Crippen molar-refractivity contribution in [3.05, 3.63) is 40.7 Å². The number of nitrogens with zero attached hydrogens (tertiary/aromatic N) is 1. The van der Waals surface area contributed by atoms with Crippen molar-refractivity contribution in [3.8, 4) is 11.5 Å². The number of nitrogens with one attached hydrogen (secondary N) is 1. The number of fused-ring (bicyclic) bond motifs is 2. The molecule has 1 N–H and O–H groups in total. The molecule has 3 aromatic rings. The van der Waals surface area contributed by atoms with Crippen molar-refractivity contribution >= 4 is 21.9 Å². The quantitative estimate of drug-likeness (QED) is 0.713. The Balaban J connectivity index is 2.41. The van der Waals surface area contributed by atoms with Gasteiger partial charge in [-0.2, -0.15) is 0 Å². The van der Waals surface area contributed by atoms with Gasteiger partial charge in [-0.05, 0) is 12.1 Å². The number of aromatic amines is 1. The van der Waals surface area contributed by atoms with Crippen LogP contribution >= 0.6 is 0 Å². The lowest BCUT2D eigenvalue weighted by Crippen LogP contribution is -2.01. The molecule has 19 heavy (non-hydrogen) atoms. The lowest BCUT2D eigenvalue weighted by Gasteiger charge is -2.09. The van der Waals surface area contributed by atoms with Crippen molar-refractivity contribution in [2.75, 3.05) is 14.2 Å². The summed E-state index contributed by atoms with van der Waals surface area (Å²) in [6, 6.07) is 6.89. The van der Waals surface area contributed by atoms with E-state index in [2.05, 4.69) is 9.97 Å². The number of aromatic nitrogens is 2. The topological polar surface area (TPSA) is 64.2 Å². The molecular weight excluding hydrogens is 244 g/mol. The molecule has 2 heterocycles. The molecule has 0 atom stereocenters. The summed E-state index contributed by atoms with van der Waals surface area (Å²) in [5.41, 5.74) is 1.25. The molecule has 3 rings (SSSR count). The van der Waals surface area contributed by atoms with Gasteiger partial charge in [0.1, 0.15) is 5.65 Å². The van der Waals surface area contributed by atoms with E-state index in [1.165, 1.54) is 6.07 Å². The monoisotopic (exact) mass is 256 g/mol. The maximum atomic E-state index is 11.8. The van der Waals surface area contributed by atoms with E-state index in [1.54, 1.807) is 32.5 Å². The Morgan fingerprint density at radius 2 is 1.84 bits per heavy atom. The maximum Gasteiger partial charge on any atom is 0.191 e. The van der Waals surface area contributed by atoms with Crippen LogP contribution in [-0.4, -0.2) is 24.2 Å². The van der Waals surface area contributed by atoms with E-state index in [-0.39, 0.29) is 5.43 Å². The summed E-state index contributed by atoms with van der Waals surface area (Å²) < 4.78 is 10.5. The van der Waals surface area contributed by atoms with Crippen LogP contribution < -0.4 is 14.9 Å². The lowest BCUT2D eigenvalue weighted by atomic mass is 10.1. The Morgan fingerprint density at radius 1 is 1.11 bits per heavy atom. The zero-order chi connectivity index (χ0) is 13.4. The zero-order valence-corrected chi connectivity index (χ0v) is 10.6. The first-order valence-electron chi connectivity index (χ1n) is 5.77. The molecule has 5 nitrogen and oxygen atoms in total. The molecule has 0 bridgehead atoms. The van der Waals surface area contributed by atoms with Gasteiger partial charge in [0.2, 0.25) is 0 Å². The predicted molar refractivity (Wildman–Crippen MR) is 73.0 cm³/mol. The first-order chi connectivity index (χ1) is 9.22. The standard InChI is InChI=1S/C14H12N2O3/c1-18-12-6-8-5-9-11(17)3-4-15-14(9)16-10(8)7-13(12)19-2/h3-7H,1-2H3,(H,15,16,17). The van der Waals surface area contributed by atoms with Gasteiger partial charge in [-0.25, -0.2) is 4.98 Å². The van der Waals surface area contributed by atoms with E-state index in [0.29, 0.717) is 22.5 Å². The first kappa shape index (κ1) is 11.5. The highest BCUT2D eigenvalue weighted by Crippen LogP contribution is 2.31. The number of ether oxygens (including phenoxy) is 2. The van der Waals surface area contributed by atoms with Crippen molar-refractivity contribution in [2.45, 2.75) is 0 Å². The third-order valence-electron chi connectivity index (χ3n) is 3.04. The van der Waals surface area contributed by atoms with Crippen LogP contribution in [0.5, 0.6) is 11.5 Å². The van der Waals surface area contributed by atoms with Crippen LogP contribution in [-0.2, 0) is 0 Å². The molecule has 5 heteroatoms. The molecule has 0 amide bonds. The SMILES string of the molecule is COc1cc2cc3c(=O)cc[nH]c3nc2cc1OC. The summed E-state index contributed by atoms with van der Waals surface area (Å²) in [4.78, 5) is 19.2. The van der Waals surface area contributed by atoms with E-state index >= 15 is 0 Å². The molecule has 96 valence electrons. The molecule has 0 aliphatic carbocycles. The maximum absolute atomic E-state index is 11.8. The predicted octanol–water partition coefficient (Wildman–Crippen LogP) is 2.09. The molecular formula is C14H12N2O3. The van der Waals surface area contributed by atoms with Crippen LogP contribution in [0.2, 0.25) is 0 Å². The van der Waals surface area contributed by atoms with Crippen molar-refractivity contribution in [1.82, 2.24) is 9.97 Å². The molecule has 0 fully saturated rings. The zero-order valence-electron chi connectivity index (χ0n) is 10.6. The van der Waals surface area contributed by atoms with Gasteiger partial charge in [0.15, 0.2) is 16.9 Å². The van der Waals surface area contributed by atoms with Gasteiger partial charge in [-0.15, -0.1) is 0 Å². The second-order valence-corrected chi connectivity index (χ2v) is 4.13. The number of methoxy groups -OCH3 is 2. The summed E-state index contributed by atoms with van der Waals surface area (Å²) in [7, 11) is 3.15. The minimum atomic E-state index is -0.0575. The van der Waals surface area contributed by atoms with Crippen molar-refractivity contribution < 1.29 is 9.47 Å². The number of benzene rings is 1. The molecule has 2 aromatic heterocycles. The van der Waals surface area contributed by atoms with E-state index < -0.39 is 0 Å². The highest BCUT2D eigenvalue weighted by atomic mass is 16.5. The van der Waals surface area contributed by atoms with Crippen LogP contribution in [0.15, 0.2) is 35.3 Å². The molecule has 0 unspecified atom stereocenters. The van der Waals surface area contributed by atoms with E-state index in [9.17, 15) is 4.79 Å². The Labute approximate surface area is 108 Å². The first-order valence-corrected chi connectivity index (χ1v) is 5.77. The van der Waals surface area contributed by atoms with Crippen LogP contribution in [0.25, 0.3) is 21.9 Å². The number of hydrogen-bond acceptors (Lipinski definition) is 4. The van der Waals surface area contributed by atoms with Gasteiger partial charge in [0.25, 0.3) is 0 Å². The van der Waals surface area contributed by atoms with Gasteiger partial charge in [-0.3, -0.25) is 4.79 Å². The van der Waals surface area contributed by atoms with Crippen LogP contribution in [0.1, 0.15) is 0 Å². The third kappa shape index (κ3) is 1.79. The Bertz CT molecular complexity index is 824. The highest BCUT2D eigenvalue weighted by molar-refractivity contribution is 5.92.